The molecule has 0 saturated carbocycles. The molecule has 0 spiro atoms. The van der Waals surface area contributed by atoms with Gasteiger partial charge in [0.1, 0.15) is 30.0 Å². The molecule has 5 rings (SSSR count). The second kappa shape index (κ2) is 10.5. The Morgan fingerprint density at radius 2 is 1.86 bits per heavy atom. The van der Waals surface area contributed by atoms with Crippen LogP contribution in [-0.2, 0) is 0 Å². The zero-order valence-electron chi connectivity index (χ0n) is 21.6. The molecule has 2 aliphatic rings. The van der Waals surface area contributed by atoms with E-state index in [1.54, 1.807) is 24.3 Å². The predicted octanol–water partition coefficient (Wildman–Crippen LogP) is 6.80. The number of benzene rings is 3. The molecule has 37 heavy (non-hydrogen) atoms. The van der Waals surface area contributed by atoms with Gasteiger partial charge in [-0.25, -0.2) is 4.39 Å². The fourth-order valence-corrected chi connectivity index (χ4v) is 5.38. The van der Waals surface area contributed by atoms with Crippen LogP contribution >= 0.6 is 0 Å². The minimum Gasteiger partial charge on any atom is -0.508 e. The van der Waals surface area contributed by atoms with Crippen LogP contribution in [0.15, 0.2) is 60.7 Å². The average molecular weight is 504 g/mol. The van der Waals surface area contributed by atoms with Crippen molar-refractivity contribution >= 4 is 11.1 Å². The number of aromatic hydroxyl groups is 2. The van der Waals surface area contributed by atoms with Crippen molar-refractivity contribution in [3.8, 4) is 23.0 Å². The van der Waals surface area contributed by atoms with Gasteiger partial charge in [-0.05, 0) is 91.9 Å². The first-order chi connectivity index (χ1) is 17.8. The van der Waals surface area contributed by atoms with Crippen molar-refractivity contribution < 1.29 is 24.1 Å². The van der Waals surface area contributed by atoms with Crippen molar-refractivity contribution in [2.24, 2.45) is 5.92 Å². The van der Waals surface area contributed by atoms with Crippen LogP contribution in [0.25, 0.3) is 11.1 Å². The Hall–Kier alpha value is -3.51. The van der Waals surface area contributed by atoms with E-state index in [1.807, 2.05) is 31.2 Å². The molecule has 1 unspecified atom stereocenters. The van der Waals surface area contributed by atoms with Gasteiger partial charge in [0, 0.05) is 23.7 Å². The first kappa shape index (κ1) is 25.2. The summed E-state index contributed by atoms with van der Waals surface area (Å²) in [5, 5.41) is 20.1. The number of phenolic OH excluding ortho intramolecular Hbond substituents is 2. The lowest BCUT2D eigenvalue weighted by Crippen LogP contribution is -2.35. The molecule has 0 amide bonds. The van der Waals surface area contributed by atoms with Gasteiger partial charge in [-0.2, -0.15) is 0 Å². The molecule has 3 atom stereocenters. The Morgan fingerprint density at radius 1 is 1.08 bits per heavy atom. The number of likely N-dealkylation sites (tertiary alicyclic amines) is 1. The van der Waals surface area contributed by atoms with E-state index in [2.05, 4.69) is 18.7 Å². The highest BCUT2D eigenvalue weighted by molar-refractivity contribution is 5.95. The van der Waals surface area contributed by atoms with Crippen LogP contribution < -0.4 is 9.47 Å². The molecule has 6 heteroatoms. The molecule has 0 radical (unpaired) electrons. The van der Waals surface area contributed by atoms with Crippen LogP contribution in [0, 0.1) is 11.7 Å². The molecule has 5 nitrogen and oxygen atoms in total. The van der Waals surface area contributed by atoms with Crippen LogP contribution in [0.3, 0.4) is 0 Å². The third kappa shape index (κ3) is 5.16. The lowest BCUT2D eigenvalue weighted by Gasteiger charge is -2.31. The molecule has 2 aliphatic heterocycles. The SMILES string of the molecule is CC[C@@H]1CCN([C@@H](C)COc2ccc(C3Oc4ccc(O)cc4C(C)=C3c3ccc(F)c(O)c3)cc2)C1. The first-order valence-corrected chi connectivity index (χ1v) is 13.0. The Bertz CT molecular complexity index is 1300. The van der Waals surface area contributed by atoms with Gasteiger partial charge in [-0.15, -0.1) is 0 Å². The van der Waals surface area contributed by atoms with Crippen molar-refractivity contribution in [3.63, 3.8) is 0 Å². The van der Waals surface area contributed by atoms with E-state index in [0.29, 0.717) is 24.0 Å². The van der Waals surface area contributed by atoms with Crippen LogP contribution in [0.5, 0.6) is 23.0 Å². The fourth-order valence-electron chi connectivity index (χ4n) is 5.38. The lowest BCUT2D eigenvalue weighted by atomic mass is 9.86. The number of ether oxygens (including phenoxy) is 2. The normalized spacial score (nSPS) is 20.4. The molecular weight excluding hydrogens is 469 g/mol. The number of phenols is 2. The predicted molar refractivity (Wildman–Crippen MR) is 143 cm³/mol. The maximum Gasteiger partial charge on any atom is 0.164 e. The molecule has 0 aliphatic carbocycles. The number of hydrogen-bond donors (Lipinski definition) is 2. The second-order valence-electron chi connectivity index (χ2n) is 10.2. The molecule has 2 heterocycles. The van der Waals surface area contributed by atoms with E-state index in [0.717, 1.165) is 47.0 Å². The fraction of sp³-hybridized carbons (Fsp3) is 0.355. The minimum atomic E-state index is -0.678. The van der Waals surface area contributed by atoms with Crippen LogP contribution in [0.4, 0.5) is 4.39 Å². The van der Waals surface area contributed by atoms with Gasteiger partial charge >= 0.3 is 0 Å². The van der Waals surface area contributed by atoms with E-state index in [9.17, 15) is 14.6 Å². The topological polar surface area (TPSA) is 62.2 Å². The zero-order chi connectivity index (χ0) is 26.1. The first-order valence-electron chi connectivity index (χ1n) is 13.0. The third-order valence-electron chi connectivity index (χ3n) is 7.73. The van der Waals surface area contributed by atoms with Gasteiger partial charge in [-0.3, -0.25) is 4.90 Å². The molecule has 3 aromatic carbocycles. The summed E-state index contributed by atoms with van der Waals surface area (Å²) in [6.07, 6.45) is 2.01. The van der Waals surface area contributed by atoms with Crippen molar-refractivity contribution in [2.45, 2.75) is 45.8 Å². The van der Waals surface area contributed by atoms with Crippen molar-refractivity contribution in [1.29, 1.82) is 0 Å². The minimum absolute atomic E-state index is 0.135. The van der Waals surface area contributed by atoms with Gasteiger partial charge in [0.15, 0.2) is 11.6 Å². The molecular formula is C31H34FNO4. The summed E-state index contributed by atoms with van der Waals surface area (Å²) in [6, 6.07) is 17.5. The van der Waals surface area contributed by atoms with Gasteiger partial charge in [-0.1, -0.05) is 31.5 Å². The number of rotatable bonds is 7. The monoisotopic (exact) mass is 503 g/mol. The maximum atomic E-state index is 13.8. The van der Waals surface area contributed by atoms with E-state index in [-0.39, 0.29) is 5.75 Å². The summed E-state index contributed by atoms with van der Waals surface area (Å²) < 4.78 is 26.4. The van der Waals surface area contributed by atoms with Gasteiger partial charge in [0.05, 0.1) is 0 Å². The third-order valence-corrected chi connectivity index (χ3v) is 7.73. The highest BCUT2D eigenvalue weighted by atomic mass is 19.1. The quantitative estimate of drug-likeness (QED) is 0.371. The number of halogens is 1. The average Bonchev–Trinajstić information content (AvgIpc) is 3.39. The Balaban J connectivity index is 1.39. The summed E-state index contributed by atoms with van der Waals surface area (Å²) >= 11 is 0. The zero-order valence-corrected chi connectivity index (χ0v) is 21.6. The molecule has 3 aromatic rings. The summed E-state index contributed by atoms with van der Waals surface area (Å²) in [5.74, 6) is 1.28. The Kier molecular flexibility index (Phi) is 7.11. The van der Waals surface area contributed by atoms with Crippen LogP contribution in [0.2, 0.25) is 0 Å². The largest absolute Gasteiger partial charge is 0.508 e. The number of allylic oxidation sites excluding steroid dienone is 1. The van der Waals surface area contributed by atoms with Crippen molar-refractivity contribution in [3.05, 3.63) is 83.2 Å². The van der Waals surface area contributed by atoms with E-state index >= 15 is 0 Å². The highest BCUT2D eigenvalue weighted by Gasteiger charge is 2.30. The van der Waals surface area contributed by atoms with Gasteiger partial charge < -0.3 is 19.7 Å². The maximum absolute atomic E-state index is 13.8. The summed E-state index contributed by atoms with van der Waals surface area (Å²) in [6.45, 7) is 9.33. The smallest absolute Gasteiger partial charge is 0.164 e. The summed E-state index contributed by atoms with van der Waals surface area (Å²) in [7, 11) is 0. The summed E-state index contributed by atoms with van der Waals surface area (Å²) in [5.41, 5.74) is 4.01. The number of fused-ring (bicyclic) bond motifs is 1. The number of nitrogens with zero attached hydrogens (tertiary/aromatic N) is 1. The molecule has 0 aromatic heterocycles. The molecule has 2 N–H and O–H groups in total. The second-order valence-corrected chi connectivity index (χ2v) is 10.2. The molecule has 1 saturated heterocycles. The lowest BCUT2D eigenvalue weighted by molar-refractivity contribution is 0.168. The highest BCUT2D eigenvalue weighted by Crippen LogP contribution is 2.48. The Morgan fingerprint density at radius 3 is 2.57 bits per heavy atom. The molecule has 0 bridgehead atoms. The van der Waals surface area contributed by atoms with Crippen LogP contribution in [0.1, 0.15) is 56.4 Å². The van der Waals surface area contributed by atoms with Gasteiger partial charge in [0.25, 0.3) is 0 Å². The molecule has 194 valence electrons. The van der Waals surface area contributed by atoms with E-state index < -0.39 is 17.7 Å². The van der Waals surface area contributed by atoms with Crippen LogP contribution in [-0.4, -0.2) is 40.9 Å². The number of hydrogen-bond acceptors (Lipinski definition) is 5. The van der Waals surface area contributed by atoms with E-state index in [1.165, 1.54) is 25.0 Å². The van der Waals surface area contributed by atoms with Crippen molar-refractivity contribution in [2.75, 3.05) is 19.7 Å². The standard InChI is InChI=1S/C31H34FNO4/c1-4-21-13-14-33(17-21)19(2)18-36-25-9-5-22(6-10-25)31-30(23-7-11-27(32)28(35)15-23)20(3)26-16-24(34)8-12-29(26)37-31/h5-12,15-16,19,21,31,34-35H,4,13-14,17-18H2,1-3H3/t19-,21+,31?/m0/s1. The summed E-state index contributed by atoms with van der Waals surface area (Å²) in [4.78, 5) is 2.51. The van der Waals surface area contributed by atoms with Gasteiger partial charge in [0.2, 0.25) is 0 Å². The Labute approximate surface area is 217 Å². The van der Waals surface area contributed by atoms with E-state index in [4.69, 9.17) is 9.47 Å². The van der Waals surface area contributed by atoms with Crippen molar-refractivity contribution in [1.82, 2.24) is 4.90 Å². The molecule has 1 fully saturated rings.